The number of rotatable bonds is 8. The SMILES string of the molecule is CCn1nc(CC(C)COC(=O)c2ccc(S(=O)(=O)N(C)C)cc2)c2c1C(=O)NCC1(CCOCC1)C2. The van der Waals surface area contributed by atoms with Gasteiger partial charge in [0.05, 0.1) is 22.8 Å². The van der Waals surface area contributed by atoms with Gasteiger partial charge in [0.2, 0.25) is 10.0 Å². The van der Waals surface area contributed by atoms with Gasteiger partial charge in [-0.1, -0.05) is 6.92 Å². The minimum atomic E-state index is -3.57. The van der Waals surface area contributed by atoms with E-state index in [0.717, 1.165) is 34.8 Å². The molecule has 2 aliphatic heterocycles. The molecule has 11 heteroatoms. The quantitative estimate of drug-likeness (QED) is 0.518. The maximum absolute atomic E-state index is 13.0. The second kappa shape index (κ2) is 10.9. The van der Waals surface area contributed by atoms with Crippen molar-refractivity contribution in [1.29, 1.82) is 0 Å². The first-order chi connectivity index (χ1) is 17.6. The van der Waals surface area contributed by atoms with Crippen LogP contribution in [0.5, 0.6) is 0 Å². The van der Waals surface area contributed by atoms with Crippen molar-refractivity contribution in [1.82, 2.24) is 19.4 Å². The van der Waals surface area contributed by atoms with Crippen LogP contribution in [0.25, 0.3) is 0 Å². The molecule has 10 nitrogen and oxygen atoms in total. The highest BCUT2D eigenvalue weighted by atomic mass is 32.2. The highest BCUT2D eigenvalue weighted by Gasteiger charge is 2.39. The van der Waals surface area contributed by atoms with Crippen molar-refractivity contribution in [3.8, 4) is 0 Å². The zero-order valence-corrected chi connectivity index (χ0v) is 22.8. The van der Waals surface area contributed by atoms with Gasteiger partial charge in [0.25, 0.3) is 5.91 Å². The van der Waals surface area contributed by atoms with Gasteiger partial charge in [-0.05, 0) is 68.2 Å². The van der Waals surface area contributed by atoms with Crippen LogP contribution < -0.4 is 5.32 Å². The van der Waals surface area contributed by atoms with Gasteiger partial charge in [-0.15, -0.1) is 0 Å². The van der Waals surface area contributed by atoms with Gasteiger partial charge >= 0.3 is 5.97 Å². The predicted molar refractivity (Wildman–Crippen MR) is 137 cm³/mol. The Kier molecular flexibility index (Phi) is 8.05. The van der Waals surface area contributed by atoms with E-state index in [0.29, 0.717) is 38.4 Å². The van der Waals surface area contributed by atoms with Gasteiger partial charge in [-0.3, -0.25) is 9.48 Å². The van der Waals surface area contributed by atoms with Crippen LogP contribution in [0, 0.1) is 11.3 Å². The number of ether oxygens (including phenoxy) is 2. The van der Waals surface area contributed by atoms with E-state index in [1.807, 2.05) is 13.8 Å². The van der Waals surface area contributed by atoms with Crippen molar-refractivity contribution in [2.75, 3.05) is 40.5 Å². The Labute approximate surface area is 218 Å². The summed E-state index contributed by atoms with van der Waals surface area (Å²) in [6.45, 7) is 6.74. The number of esters is 1. The molecule has 1 aromatic carbocycles. The number of hydrogen-bond acceptors (Lipinski definition) is 7. The molecule has 202 valence electrons. The number of sulfonamides is 1. The number of carbonyl (C=O) groups excluding carboxylic acids is 2. The second-order valence-corrected chi connectivity index (χ2v) is 12.4. The Balaban J connectivity index is 1.45. The summed E-state index contributed by atoms with van der Waals surface area (Å²) in [7, 11) is -0.657. The summed E-state index contributed by atoms with van der Waals surface area (Å²) in [5.41, 5.74) is 2.76. The summed E-state index contributed by atoms with van der Waals surface area (Å²) in [5.74, 6) is -0.629. The molecule has 3 heterocycles. The van der Waals surface area contributed by atoms with E-state index in [4.69, 9.17) is 14.6 Å². The third-order valence-electron chi connectivity index (χ3n) is 7.29. The number of aromatic nitrogens is 2. The van der Waals surface area contributed by atoms with Crippen LogP contribution >= 0.6 is 0 Å². The lowest BCUT2D eigenvalue weighted by Crippen LogP contribution is -2.40. The van der Waals surface area contributed by atoms with Gasteiger partial charge in [0.15, 0.2) is 0 Å². The van der Waals surface area contributed by atoms with Crippen LogP contribution in [0.2, 0.25) is 0 Å². The molecule has 37 heavy (non-hydrogen) atoms. The fraction of sp³-hybridized carbons (Fsp3) is 0.577. The summed E-state index contributed by atoms with van der Waals surface area (Å²) >= 11 is 0. The van der Waals surface area contributed by atoms with E-state index in [1.165, 1.54) is 38.4 Å². The molecular weight excluding hydrogens is 496 g/mol. The summed E-state index contributed by atoms with van der Waals surface area (Å²) in [5, 5.41) is 7.89. The van der Waals surface area contributed by atoms with Gasteiger partial charge in [0, 0.05) is 46.0 Å². The molecule has 1 spiro atoms. The fourth-order valence-corrected chi connectivity index (χ4v) is 5.89. The van der Waals surface area contributed by atoms with Crippen LogP contribution in [0.15, 0.2) is 29.2 Å². The van der Waals surface area contributed by atoms with Crippen LogP contribution in [-0.4, -0.2) is 74.8 Å². The van der Waals surface area contributed by atoms with Crippen LogP contribution in [0.4, 0.5) is 0 Å². The van der Waals surface area contributed by atoms with Crippen molar-refractivity contribution in [3.63, 3.8) is 0 Å². The minimum Gasteiger partial charge on any atom is -0.462 e. The van der Waals surface area contributed by atoms with E-state index >= 15 is 0 Å². The summed E-state index contributed by atoms with van der Waals surface area (Å²) in [6.07, 6.45) is 3.13. The molecule has 0 saturated carbocycles. The number of benzene rings is 1. The molecule has 1 unspecified atom stereocenters. The molecule has 0 aliphatic carbocycles. The molecule has 1 N–H and O–H groups in total. The zero-order valence-electron chi connectivity index (χ0n) is 22.0. The summed E-state index contributed by atoms with van der Waals surface area (Å²) < 4.78 is 38.5. The number of nitrogens with zero attached hydrogens (tertiary/aromatic N) is 3. The molecule has 2 aromatic rings. The highest BCUT2D eigenvalue weighted by molar-refractivity contribution is 7.89. The highest BCUT2D eigenvalue weighted by Crippen LogP contribution is 2.38. The smallest absolute Gasteiger partial charge is 0.338 e. The van der Waals surface area contributed by atoms with Gasteiger partial charge in [-0.25, -0.2) is 17.5 Å². The van der Waals surface area contributed by atoms with Gasteiger partial charge in [0.1, 0.15) is 5.69 Å². The van der Waals surface area contributed by atoms with E-state index in [-0.39, 0.29) is 34.3 Å². The molecular formula is C26H36N4O6S. The topological polar surface area (TPSA) is 120 Å². The average molecular weight is 533 g/mol. The van der Waals surface area contributed by atoms with Crippen LogP contribution in [0.3, 0.4) is 0 Å². The number of amides is 1. The van der Waals surface area contributed by atoms with E-state index < -0.39 is 16.0 Å². The van der Waals surface area contributed by atoms with Crippen LogP contribution in [0.1, 0.15) is 58.8 Å². The Morgan fingerprint density at radius 2 is 1.92 bits per heavy atom. The molecule has 4 rings (SSSR count). The Bertz CT molecular complexity index is 1250. The number of hydrogen-bond donors (Lipinski definition) is 1. The third-order valence-corrected chi connectivity index (χ3v) is 9.12. The van der Waals surface area contributed by atoms with E-state index in [2.05, 4.69) is 5.32 Å². The lowest BCUT2D eigenvalue weighted by Gasteiger charge is -2.36. The molecule has 1 aromatic heterocycles. The fourth-order valence-electron chi connectivity index (χ4n) is 4.99. The van der Waals surface area contributed by atoms with Crippen molar-refractivity contribution in [3.05, 3.63) is 46.8 Å². The first-order valence-corrected chi connectivity index (χ1v) is 14.1. The Morgan fingerprint density at radius 1 is 1.24 bits per heavy atom. The van der Waals surface area contributed by atoms with E-state index in [1.54, 1.807) is 4.68 Å². The lowest BCUT2D eigenvalue weighted by molar-refractivity contribution is 0.0160. The maximum Gasteiger partial charge on any atom is 0.338 e. The van der Waals surface area contributed by atoms with E-state index in [9.17, 15) is 18.0 Å². The number of fused-ring (bicyclic) bond motifs is 1. The van der Waals surface area contributed by atoms with Crippen molar-refractivity contribution in [2.24, 2.45) is 11.3 Å². The monoisotopic (exact) mass is 532 g/mol. The molecule has 1 fully saturated rings. The molecule has 1 amide bonds. The summed E-state index contributed by atoms with van der Waals surface area (Å²) in [4.78, 5) is 25.7. The summed E-state index contributed by atoms with van der Waals surface area (Å²) in [6, 6.07) is 5.72. The Hall–Kier alpha value is -2.76. The van der Waals surface area contributed by atoms with Crippen molar-refractivity contribution < 1.29 is 27.5 Å². The maximum atomic E-state index is 13.0. The zero-order chi connectivity index (χ0) is 26.8. The largest absolute Gasteiger partial charge is 0.462 e. The molecule has 1 saturated heterocycles. The van der Waals surface area contributed by atoms with Crippen molar-refractivity contribution in [2.45, 2.75) is 51.0 Å². The molecule has 2 aliphatic rings. The van der Waals surface area contributed by atoms with Crippen LogP contribution in [-0.2, 0) is 38.9 Å². The average Bonchev–Trinajstić information content (AvgIpc) is 3.15. The standard InChI is InChI=1S/C26H36N4O6S/c1-5-30-23-21(15-26(17-27-24(23)31)10-12-35-13-11-26)22(28-30)14-18(2)16-36-25(32)19-6-8-20(9-7-19)37(33,34)29(3)4/h6-9,18H,5,10-17H2,1-4H3,(H,27,31). The van der Waals surface area contributed by atoms with Gasteiger partial charge in [-0.2, -0.15) is 5.10 Å². The lowest BCUT2D eigenvalue weighted by atomic mass is 9.75. The molecule has 0 bridgehead atoms. The second-order valence-electron chi connectivity index (χ2n) is 10.3. The first-order valence-electron chi connectivity index (χ1n) is 12.7. The first kappa shape index (κ1) is 27.3. The number of carbonyl (C=O) groups is 2. The van der Waals surface area contributed by atoms with Crippen molar-refractivity contribution >= 4 is 21.9 Å². The number of nitrogens with one attached hydrogen (secondary N) is 1. The third kappa shape index (κ3) is 5.73. The minimum absolute atomic E-state index is 0.0291. The predicted octanol–water partition coefficient (Wildman–Crippen LogP) is 2.27. The molecule has 1 atom stereocenters. The number of aryl methyl sites for hydroxylation is 1. The normalized spacial score (nSPS) is 18.2. The Morgan fingerprint density at radius 3 is 2.54 bits per heavy atom. The molecule has 0 radical (unpaired) electrons. The van der Waals surface area contributed by atoms with Gasteiger partial charge < -0.3 is 14.8 Å².